The molecule has 2 N–H and O–H groups in total. The van der Waals surface area contributed by atoms with E-state index in [2.05, 4.69) is 13.8 Å². The van der Waals surface area contributed by atoms with Crippen LogP contribution in [0.15, 0.2) is 0 Å². The topological polar surface area (TPSA) is 55.6 Å². The fourth-order valence-electron chi connectivity index (χ4n) is 2.34. The Balaban J connectivity index is 2.42. The van der Waals surface area contributed by atoms with Gasteiger partial charge in [0.25, 0.3) is 0 Å². The minimum absolute atomic E-state index is 0.195. The molecule has 1 atom stereocenters. The molecule has 1 amide bonds. The third-order valence-corrected chi connectivity index (χ3v) is 3.51. The summed E-state index contributed by atoms with van der Waals surface area (Å²) in [6.45, 7) is 11.5. The zero-order chi connectivity index (χ0) is 13.9. The SMILES string of the molecule is CC(C)[C@H](N)C1CCN(C(=O)OC(C)(C)C)CC1. The molecule has 1 fully saturated rings. The van der Waals surface area contributed by atoms with Crippen LogP contribution in [0.4, 0.5) is 4.79 Å². The minimum Gasteiger partial charge on any atom is -0.444 e. The number of rotatable bonds is 2. The summed E-state index contributed by atoms with van der Waals surface area (Å²) in [6.07, 6.45) is 1.77. The quantitative estimate of drug-likeness (QED) is 0.826. The molecule has 1 rings (SSSR count). The van der Waals surface area contributed by atoms with Crippen molar-refractivity contribution >= 4 is 6.09 Å². The highest BCUT2D eigenvalue weighted by molar-refractivity contribution is 5.68. The van der Waals surface area contributed by atoms with Crippen molar-refractivity contribution in [2.75, 3.05) is 13.1 Å². The standard InChI is InChI=1S/C14H28N2O2/c1-10(2)12(15)11-6-8-16(9-7-11)13(17)18-14(3,4)5/h10-12H,6-9,15H2,1-5H3/t12-/m0/s1. The Kier molecular flexibility index (Phi) is 5.02. The molecule has 4 heteroatoms. The first kappa shape index (κ1) is 15.3. The Labute approximate surface area is 111 Å². The van der Waals surface area contributed by atoms with Crippen LogP contribution in [0.25, 0.3) is 0 Å². The highest BCUT2D eigenvalue weighted by Crippen LogP contribution is 2.24. The van der Waals surface area contributed by atoms with E-state index >= 15 is 0 Å². The predicted octanol–water partition coefficient (Wildman–Crippen LogP) is 2.62. The van der Waals surface area contributed by atoms with Crippen molar-refractivity contribution in [3.8, 4) is 0 Å². The van der Waals surface area contributed by atoms with Crippen LogP contribution in [-0.4, -0.2) is 35.7 Å². The van der Waals surface area contributed by atoms with Gasteiger partial charge in [0, 0.05) is 19.1 Å². The molecule has 18 heavy (non-hydrogen) atoms. The number of amides is 1. The van der Waals surface area contributed by atoms with E-state index in [4.69, 9.17) is 10.5 Å². The molecular formula is C14H28N2O2. The number of likely N-dealkylation sites (tertiary alicyclic amines) is 1. The Morgan fingerprint density at radius 1 is 1.28 bits per heavy atom. The Morgan fingerprint density at radius 3 is 2.17 bits per heavy atom. The van der Waals surface area contributed by atoms with Crippen molar-refractivity contribution in [2.24, 2.45) is 17.6 Å². The van der Waals surface area contributed by atoms with E-state index in [1.54, 1.807) is 4.90 Å². The summed E-state index contributed by atoms with van der Waals surface area (Å²) >= 11 is 0. The third kappa shape index (κ3) is 4.48. The van der Waals surface area contributed by atoms with Crippen molar-refractivity contribution < 1.29 is 9.53 Å². The van der Waals surface area contributed by atoms with Gasteiger partial charge in [-0.15, -0.1) is 0 Å². The molecule has 0 spiro atoms. The number of piperidine rings is 1. The van der Waals surface area contributed by atoms with Gasteiger partial charge >= 0.3 is 6.09 Å². The second-order valence-corrected chi connectivity index (χ2v) is 6.63. The fraction of sp³-hybridized carbons (Fsp3) is 0.929. The first-order valence-electron chi connectivity index (χ1n) is 6.94. The van der Waals surface area contributed by atoms with Gasteiger partial charge in [0.15, 0.2) is 0 Å². The van der Waals surface area contributed by atoms with Crippen LogP contribution in [0.1, 0.15) is 47.5 Å². The molecule has 0 radical (unpaired) electrons. The Morgan fingerprint density at radius 2 is 1.78 bits per heavy atom. The van der Waals surface area contributed by atoms with Gasteiger partial charge in [-0.2, -0.15) is 0 Å². The predicted molar refractivity (Wildman–Crippen MR) is 73.3 cm³/mol. The molecule has 0 bridgehead atoms. The van der Waals surface area contributed by atoms with E-state index in [1.807, 2.05) is 20.8 Å². The van der Waals surface area contributed by atoms with Gasteiger partial charge in [0.05, 0.1) is 0 Å². The van der Waals surface area contributed by atoms with Crippen molar-refractivity contribution in [2.45, 2.75) is 59.1 Å². The van der Waals surface area contributed by atoms with Gasteiger partial charge in [-0.1, -0.05) is 13.8 Å². The van der Waals surface area contributed by atoms with E-state index in [9.17, 15) is 4.79 Å². The molecule has 4 nitrogen and oxygen atoms in total. The molecular weight excluding hydrogens is 228 g/mol. The van der Waals surface area contributed by atoms with Gasteiger partial charge in [0.2, 0.25) is 0 Å². The van der Waals surface area contributed by atoms with Crippen LogP contribution in [0.5, 0.6) is 0 Å². The lowest BCUT2D eigenvalue weighted by Gasteiger charge is -2.36. The highest BCUT2D eigenvalue weighted by Gasteiger charge is 2.30. The van der Waals surface area contributed by atoms with E-state index < -0.39 is 5.60 Å². The lowest BCUT2D eigenvalue weighted by molar-refractivity contribution is 0.0168. The third-order valence-electron chi connectivity index (χ3n) is 3.51. The number of nitrogens with zero attached hydrogens (tertiary/aromatic N) is 1. The molecule has 0 aromatic carbocycles. The van der Waals surface area contributed by atoms with Crippen LogP contribution in [0, 0.1) is 11.8 Å². The number of hydrogen-bond acceptors (Lipinski definition) is 3. The van der Waals surface area contributed by atoms with Crippen LogP contribution in [0.2, 0.25) is 0 Å². The van der Waals surface area contributed by atoms with E-state index in [-0.39, 0.29) is 12.1 Å². The monoisotopic (exact) mass is 256 g/mol. The second kappa shape index (κ2) is 5.91. The summed E-state index contributed by atoms with van der Waals surface area (Å²) in [4.78, 5) is 13.7. The average molecular weight is 256 g/mol. The fourth-order valence-corrected chi connectivity index (χ4v) is 2.34. The summed E-state index contributed by atoms with van der Waals surface area (Å²) in [6, 6.07) is 0.241. The number of ether oxygens (including phenoxy) is 1. The highest BCUT2D eigenvalue weighted by atomic mass is 16.6. The van der Waals surface area contributed by atoms with Crippen LogP contribution in [-0.2, 0) is 4.74 Å². The summed E-state index contributed by atoms with van der Waals surface area (Å²) in [5, 5.41) is 0. The maximum atomic E-state index is 11.9. The molecule has 0 unspecified atom stereocenters. The number of carbonyl (C=O) groups is 1. The smallest absolute Gasteiger partial charge is 0.410 e. The van der Waals surface area contributed by atoms with E-state index in [0.29, 0.717) is 11.8 Å². The summed E-state index contributed by atoms with van der Waals surface area (Å²) in [7, 11) is 0. The number of carbonyl (C=O) groups excluding carboxylic acids is 1. The normalized spacial score (nSPS) is 20.1. The molecule has 1 saturated heterocycles. The largest absolute Gasteiger partial charge is 0.444 e. The maximum Gasteiger partial charge on any atom is 0.410 e. The van der Waals surface area contributed by atoms with Crippen LogP contribution < -0.4 is 5.73 Å². The summed E-state index contributed by atoms with van der Waals surface area (Å²) in [5.74, 6) is 1.03. The molecule has 0 saturated carbocycles. The van der Waals surface area contributed by atoms with Crippen molar-refractivity contribution in [3.05, 3.63) is 0 Å². The van der Waals surface area contributed by atoms with Gasteiger partial charge in [0.1, 0.15) is 5.60 Å². The molecule has 0 aliphatic carbocycles. The van der Waals surface area contributed by atoms with Crippen LogP contribution >= 0.6 is 0 Å². The van der Waals surface area contributed by atoms with E-state index in [0.717, 1.165) is 25.9 Å². The van der Waals surface area contributed by atoms with Crippen molar-refractivity contribution in [3.63, 3.8) is 0 Å². The average Bonchev–Trinajstić information content (AvgIpc) is 2.26. The zero-order valence-corrected chi connectivity index (χ0v) is 12.4. The van der Waals surface area contributed by atoms with Crippen LogP contribution in [0.3, 0.4) is 0 Å². The van der Waals surface area contributed by atoms with Gasteiger partial charge in [-0.05, 0) is 45.4 Å². The van der Waals surface area contributed by atoms with Crippen molar-refractivity contribution in [1.29, 1.82) is 0 Å². The van der Waals surface area contributed by atoms with Gasteiger partial charge < -0.3 is 15.4 Å². The second-order valence-electron chi connectivity index (χ2n) is 6.63. The summed E-state index contributed by atoms with van der Waals surface area (Å²) < 4.78 is 5.38. The molecule has 0 aromatic rings. The van der Waals surface area contributed by atoms with Gasteiger partial charge in [-0.25, -0.2) is 4.79 Å². The summed E-state index contributed by atoms with van der Waals surface area (Å²) in [5.41, 5.74) is 5.77. The lowest BCUT2D eigenvalue weighted by Crippen LogP contribution is -2.46. The Hall–Kier alpha value is -0.770. The molecule has 1 aliphatic rings. The molecule has 0 aromatic heterocycles. The Bertz CT molecular complexity index is 276. The lowest BCUT2D eigenvalue weighted by atomic mass is 9.84. The first-order chi connectivity index (χ1) is 8.20. The van der Waals surface area contributed by atoms with E-state index in [1.165, 1.54) is 0 Å². The number of hydrogen-bond donors (Lipinski definition) is 1. The minimum atomic E-state index is -0.414. The van der Waals surface area contributed by atoms with Crippen molar-refractivity contribution in [1.82, 2.24) is 4.90 Å². The molecule has 106 valence electrons. The number of nitrogens with two attached hydrogens (primary N) is 1. The zero-order valence-electron chi connectivity index (χ0n) is 12.4. The maximum absolute atomic E-state index is 11.9. The van der Waals surface area contributed by atoms with Gasteiger partial charge in [-0.3, -0.25) is 0 Å². The molecule has 1 aliphatic heterocycles. The first-order valence-corrected chi connectivity index (χ1v) is 6.94. The molecule has 1 heterocycles.